The lowest BCUT2D eigenvalue weighted by Gasteiger charge is -2.29. The fraction of sp³-hybridized carbons (Fsp3) is 0.0545. The number of hydrogen-bond acceptors (Lipinski definition) is 1. The molecule has 0 unspecified atom stereocenters. The predicted octanol–water partition coefficient (Wildman–Crippen LogP) is 15.0. The molecule has 0 fully saturated rings. The van der Waals surface area contributed by atoms with Crippen LogP contribution in [0.1, 0.15) is 25.0 Å². The van der Waals surface area contributed by atoms with Crippen molar-refractivity contribution in [3.8, 4) is 39.1 Å². The first-order valence-electron chi connectivity index (χ1n) is 19.9. The van der Waals surface area contributed by atoms with Crippen LogP contribution in [0.5, 0.6) is 0 Å². The van der Waals surface area contributed by atoms with Gasteiger partial charge >= 0.3 is 0 Å². The minimum absolute atomic E-state index is 0.0894. The molecule has 9 aromatic carbocycles. The predicted molar refractivity (Wildman–Crippen MR) is 241 cm³/mol. The minimum atomic E-state index is -0.0894. The number of nitrogens with zero attached hydrogens (tertiary/aromatic N) is 2. The fourth-order valence-electron chi connectivity index (χ4n) is 9.55. The second-order valence-corrected chi connectivity index (χ2v) is 15.7. The highest BCUT2D eigenvalue weighted by molar-refractivity contribution is 6.16. The molecule has 0 amide bonds. The van der Waals surface area contributed by atoms with Gasteiger partial charge in [-0.2, -0.15) is 0 Å². The zero-order valence-electron chi connectivity index (χ0n) is 32.0. The summed E-state index contributed by atoms with van der Waals surface area (Å²) in [4.78, 5) is 2.46. The molecular formula is C55H40N2. The van der Waals surface area contributed by atoms with Gasteiger partial charge in [-0.05, 0) is 104 Å². The van der Waals surface area contributed by atoms with Gasteiger partial charge < -0.3 is 9.47 Å². The van der Waals surface area contributed by atoms with E-state index in [1.165, 1.54) is 77.1 Å². The highest BCUT2D eigenvalue weighted by Crippen LogP contribution is 2.54. The molecule has 2 nitrogen and oxygen atoms in total. The summed E-state index contributed by atoms with van der Waals surface area (Å²) in [5.74, 6) is 0. The maximum Gasteiger partial charge on any atom is 0.0547 e. The Kier molecular flexibility index (Phi) is 7.55. The first kappa shape index (κ1) is 33.2. The number of para-hydroxylation sites is 3. The lowest BCUT2D eigenvalue weighted by molar-refractivity contribution is 0.660. The average molecular weight is 729 g/mol. The van der Waals surface area contributed by atoms with Gasteiger partial charge in [-0.25, -0.2) is 0 Å². The fourth-order valence-corrected chi connectivity index (χ4v) is 9.55. The van der Waals surface area contributed by atoms with E-state index in [9.17, 15) is 0 Å². The van der Waals surface area contributed by atoms with Gasteiger partial charge in [0.1, 0.15) is 0 Å². The van der Waals surface area contributed by atoms with E-state index in [0.717, 1.165) is 22.7 Å². The first-order valence-corrected chi connectivity index (χ1v) is 19.9. The summed E-state index contributed by atoms with van der Waals surface area (Å²) in [6.07, 6.45) is 0. The third-order valence-corrected chi connectivity index (χ3v) is 12.2. The van der Waals surface area contributed by atoms with Crippen LogP contribution in [0.15, 0.2) is 206 Å². The van der Waals surface area contributed by atoms with Crippen LogP contribution < -0.4 is 4.90 Å². The van der Waals surface area contributed by atoms with E-state index < -0.39 is 0 Å². The van der Waals surface area contributed by atoms with Crippen LogP contribution in [0.2, 0.25) is 0 Å². The highest BCUT2D eigenvalue weighted by atomic mass is 15.1. The molecule has 1 aliphatic rings. The molecule has 1 aliphatic carbocycles. The van der Waals surface area contributed by atoms with Crippen molar-refractivity contribution in [2.24, 2.45) is 0 Å². The SMILES string of the molecule is CC1(C)c2ccccc2-c2c(-c3ccccc3N(c3cccc(-c4cccc5c4c4ccccc4n5-c4ccccc4)c3)c3ccc4ccccc4c3)cccc21. The largest absolute Gasteiger partial charge is 0.310 e. The summed E-state index contributed by atoms with van der Waals surface area (Å²) >= 11 is 0. The van der Waals surface area contributed by atoms with Crippen LogP contribution in [0, 0.1) is 0 Å². The van der Waals surface area contributed by atoms with Gasteiger partial charge in [-0.1, -0.05) is 166 Å². The Morgan fingerprint density at radius 3 is 1.95 bits per heavy atom. The molecule has 10 aromatic rings. The molecule has 270 valence electrons. The lowest BCUT2D eigenvalue weighted by Crippen LogP contribution is -2.14. The molecule has 0 aliphatic heterocycles. The number of hydrogen-bond donors (Lipinski definition) is 0. The lowest BCUT2D eigenvalue weighted by atomic mass is 9.82. The van der Waals surface area contributed by atoms with Crippen LogP contribution in [-0.4, -0.2) is 4.57 Å². The van der Waals surface area contributed by atoms with E-state index >= 15 is 0 Å². The normalized spacial score (nSPS) is 12.9. The number of fused-ring (bicyclic) bond motifs is 7. The molecule has 0 atom stereocenters. The van der Waals surface area contributed by atoms with Crippen LogP contribution >= 0.6 is 0 Å². The van der Waals surface area contributed by atoms with Crippen molar-refractivity contribution in [2.75, 3.05) is 4.90 Å². The second-order valence-electron chi connectivity index (χ2n) is 15.7. The van der Waals surface area contributed by atoms with Gasteiger partial charge in [0.15, 0.2) is 0 Å². The van der Waals surface area contributed by atoms with Crippen molar-refractivity contribution in [3.05, 3.63) is 217 Å². The van der Waals surface area contributed by atoms with E-state index in [0.29, 0.717) is 0 Å². The van der Waals surface area contributed by atoms with Crippen molar-refractivity contribution in [1.82, 2.24) is 4.57 Å². The summed E-state index contributed by atoms with van der Waals surface area (Å²) in [5, 5.41) is 4.94. The molecule has 1 heterocycles. The van der Waals surface area contributed by atoms with Gasteiger partial charge in [0, 0.05) is 38.8 Å². The molecule has 0 saturated carbocycles. The van der Waals surface area contributed by atoms with Crippen molar-refractivity contribution in [2.45, 2.75) is 19.3 Å². The molecule has 0 radical (unpaired) electrons. The molecule has 2 heteroatoms. The second kappa shape index (κ2) is 13.0. The minimum Gasteiger partial charge on any atom is -0.310 e. The molecule has 0 spiro atoms. The Labute approximate surface area is 333 Å². The zero-order valence-corrected chi connectivity index (χ0v) is 32.0. The monoisotopic (exact) mass is 728 g/mol. The van der Waals surface area contributed by atoms with Crippen molar-refractivity contribution in [3.63, 3.8) is 0 Å². The Morgan fingerprint density at radius 2 is 1.05 bits per heavy atom. The molecule has 0 saturated heterocycles. The quantitative estimate of drug-likeness (QED) is 0.165. The smallest absolute Gasteiger partial charge is 0.0547 e. The van der Waals surface area contributed by atoms with E-state index in [1.807, 2.05) is 0 Å². The standard InChI is InChI=1S/C55H40N2/c1-55(2)48-28-11-8-24-46(48)53-45(27-15-29-49(53)55)44-23-9-12-30-50(44)56(42-34-33-37-17-6-7-18-38(37)35-42)41-22-14-19-39(36-41)43-26-16-32-52-54(43)47-25-10-13-31-51(47)57(52)40-20-4-3-5-21-40/h3-36H,1-2H3. The van der Waals surface area contributed by atoms with Crippen LogP contribution in [0.25, 0.3) is 71.6 Å². The molecule has 57 heavy (non-hydrogen) atoms. The van der Waals surface area contributed by atoms with Gasteiger partial charge in [0.05, 0.1) is 16.7 Å². The Bertz CT molecular complexity index is 3170. The van der Waals surface area contributed by atoms with Crippen molar-refractivity contribution in [1.29, 1.82) is 0 Å². The summed E-state index contributed by atoms with van der Waals surface area (Å²) in [7, 11) is 0. The molecule has 1 aromatic heterocycles. The molecule has 0 bridgehead atoms. The van der Waals surface area contributed by atoms with Gasteiger partial charge in [-0.3, -0.25) is 0 Å². The zero-order chi connectivity index (χ0) is 38.1. The van der Waals surface area contributed by atoms with Gasteiger partial charge in [0.25, 0.3) is 0 Å². The Hall–Kier alpha value is -7.16. The molecule has 0 N–H and O–H groups in total. The average Bonchev–Trinajstić information content (AvgIpc) is 3.73. The first-order chi connectivity index (χ1) is 28.1. The topological polar surface area (TPSA) is 8.17 Å². The van der Waals surface area contributed by atoms with E-state index in [2.05, 4.69) is 230 Å². The Balaban J connectivity index is 1.15. The van der Waals surface area contributed by atoms with Crippen LogP contribution in [0.4, 0.5) is 17.1 Å². The maximum absolute atomic E-state index is 2.46. The number of aromatic nitrogens is 1. The number of rotatable bonds is 6. The van der Waals surface area contributed by atoms with Gasteiger partial charge in [0.2, 0.25) is 0 Å². The van der Waals surface area contributed by atoms with Gasteiger partial charge in [-0.15, -0.1) is 0 Å². The summed E-state index contributed by atoms with van der Waals surface area (Å²) in [5.41, 5.74) is 17.1. The third kappa shape index (κ3) is 5.18. The van der Waals surface area contributed by atoms with Crippen molar-refractivity contribution >= 4 is 49.6 Å². The molecule has 11 rings (SSSR count). The highest BCUT2D eigenvalue weighted by Gasteiger charge is 2.37. The van der Waals surface area contributed by atoms with Crippen LogP contribution in [-0.2, 0) is 5.41 Å². The summed E-state index contributed by atoms with van der Waals surface area (Å²) in [6.45, 7) is 4.72. The maximum atomic E-state index is 2.46. The summed E-state index contributed by atoms with van der Waals surface area (Å²) < 4.78 is 2.40. The summed E-state index contributed by atoms with van der Waals surface area (Å²) in [6, 6.07) is 75.6. The van der Waals surface area contributed by atoms with Crippen LogP contribution in [0.3, 0.4) is 0 Å². The van der Waals surface area contributed by atoms with Crippen molar-refractivity contribution < 1.29 is 0 Å². The number of benzene rings is 9. The van der Waals surface area contributed by atoms with E-state index in [1.54, 1.807) is 0 Å². The number of anilines is 3. The van der Waals surface area contributed by atoms with E-state index in [-0.39, 0.29) is 5.41 Å². The third-order valence-electron chi connectivity index (χ3n) is 12.2. The molecular weight excluding hydrogens is 689 g/mol. The Morgan fingerprint density at radius 1 is 0.421 bits per heavy atom. The van der Waals surface area contributed by atoms with E-state index in [4.69, 9.17) is 0 Å².